The number of halogens is 1. The molecule has 0 bridgehead atoms. The van der Waals surface area contributed by atoms with Crippen LogP contribution in [-0.2, 0) is 11.3 Å². The number of aromatic nitrogens is 2. The van der Waals surface area contributed by atoms with E-state index < -0.39 is 0 Å². The normalized spacial score (nSPS) is 18.2. The molecule has 0 saturated carbocycles. The lowest BCUT2D eigenvalue weighted by molar-refractivity contribution is -0.133. The average molecular weight is 333 g/mol. The number of nitrogens with zero attached hydrogens (tertiary/aromatic N) is 3. The van der Waals surface area contributed by atoms with Gasteiger partial charge in [-0.25, -0.2) is 4.68 Å². The molecule has 1 aliphatic heterocycles. The Kier molecular flexibility index (Phi) is 4.57. The topological polar surface area (TPSA) is 64.2 Å². The van der Waals surface area contributed by atoms with Gasteiger partial charge in [-0.3, -0.25) is 4.79 Å². The van der Waals surface area contributed by atoms with Gasteiger partial charge in [-0.1, -0.05) is 23.7 Å². The van der Waals surface area contributed by atoms with Crippen LogP contribution in [0.4, 0.5) is 5.82 Å². The number of aryl methyl sites for hydroxylation is 1. The van der Waals surface area contributed by atoms with Crippen molar-refractivity contribution in [1.82, 2.24) is 14.7 Å². The zero-order chi connectivity index (χ0) is 16.4. The Bertz CT molecular complexity index is 695. The molecule has 1 atom stereocenters. The Labute approximate surface area is 141 Å². The lowest BCUT2D eigenvalue weighted by Gasteiger charge is -2.33. The van der Waals surface area contributed by atoms with Crippen molar-refractivity contribution in [2.45, 2.75) is 32.2 Å². The van der Waals surface area contributed by atoms with Crippen LogP contribution in [0.2, 0.25) is 5.02 Å². The van der Waals surface area contributed by atoms with E-state index in [1.165, 1.54) is 5.56 Å². The number of hydrogen-bond donors (Lipinski definition) is 1. The number of nitrogen functional groups attached to an aromatic ring is 1. The van der Waals surface area contributed by atoms with Gasteiger partial charge in [-0.05, 0) is 37.5 Å². The number of carbonyl (C=O) groups is 1. The average Bonchev–Trinajstić information content (AvgIpc) is 2.85. The third kappa shape index (κ3) is 3.67. The van der Waals surface area contributed by atoms with Crippen LogP contribution in [0.15, 0.2) is 30.3 Å². The zero-order valence-electron chi connectivity index (χ0n) is 13.2. The SMILES string of the molecule is Cc1cc(N)n(CC(=O)N2CCCC(c3ccc(Cl)cc3)C2)n1. The molecule has 5 nitrogen and oxygen atoms in total. The van der Waals surface area contributed by atoms with E-state index in [1.54, 1.807) is 10.7 Å². The Morgan fingerprint density at radius 3 is 2.78 bits per heavy atom. The molecule has 2 heterocycles. The van der Waals surface area contributed by atoms with Crippen LogP contribution in [0.25, 0.3) is 0 Å². The molecule has 3 rings (SSSR count). The summed E-state index contributed by atoms with van der Waals surface area (Å²) in [6, 6.07) is 9.70. The summed E-state index contributed by atoms with van der Waals surface area (Å²) in [6.45, 7) is 3.60. The molecule has 0 radical (unpaired) electrons. The maximum Gasteiger partial charge on any atom is 0.244 e. The van der Waals surface area contributed by atoms with Gasteiger partial charge in [-0.2, -0.15) is 5.10 Å². The van der Waals surface area contributed by atoms with Gasteiger partial charge in [0.15, 0.2) is 0 Å². The third-order valence-corrected chi connectivity index (χ3v) is 4.59. The van der Waals surface area contributed by atoms with Gasteiger partial charge < -0.3 is 10.6 Å². The predicted octanol–water partition coefficient (Wildman–Crippen LogP) is 2.83. The fraction of sp³-hybridized carbons (Fsp3) is 0.412. The molecule has 23 heavy (non-hydrogen) atoms. The Balaban J connectivity index is 1.67. The number of likely N-dealkylation sites (tertiary alicyclic amines) is 1. The lowest BCUT2D eigenvalue weighted by atomic mass is 9.90. The van der Waals surface area contributed by atoms with E-state index in [4.69, 9.17) is 17.3 Å². The first-order chi connectivity index (χ1) is 11.0. The molecule has 1 amide bonds. The monoisotopic (exact) mass is 332 g/mol. The summed E-state index contributed by atoms with van der Waals surface area (Å²) in [6.07, 6.45) is 2.10. The van der Waals surface area contributed by atoms with Crippen LogP contribution in [0, 0.1) is 6.92 Å². The number of amides is 1. The summed E-state index contributed by atoms with van der Waals surface area (Å²) in [4.78, 5) is 14.5. The van der Waals surface area contributed by atoms with Crippen molar-refractivity contribution in [3.8, 4) is 0 Å². The molecule has 1 unspecified atom stereocenters. The predicted molar refractivity (Wildman–Crippen MR) is 91.4 cm³/mol. The second-order valence-corrected chi connectivity index (χ2v) is 6.54. The maximum absolute atomic E-state index is 12.5. The van der Waals surface area contributed by atoms with Gasteiger partial charge in [0, 0.05) is 30.1 Å². The number of rotatable bonds is 3. The Hall–Kier alpha value is -2.01. The minimum Gasteiger partial charge on any atom is -0.384 e. The first-order valence-electron chi connectivity index (χ1n) is 7.86. The minimum absolute atomic E-state index is 0.0680. The number of carbonyl (C=O) groups excluding carboxylic acids is 1. The molecular weight excluding hydrogens is 312 g/mol. The summed E-state index contributed by atoms with van der Waals surface area (Å²) in [7, 11) is 0. The first-order valence-corrected chi connectivity index (χ1v) is 8.24. The van der Waals surface area contributed by atoms with E-state index in [0.717, 1.165) is 36.6 Å². The molecule has 2 N–H and O–H groups in total. The van der Waals surface area contributed by atoms with Crippen molar-refractivity contribution in [2.75, 3.05) is 18.8 Å². The third-order valence-electron chi connectivity index (χ3n) is 4.33. The lowest BCUT2D eigenvalue weighted by Crippen LogP contribution is -2.41. The molecule has 1 aromatic heterocycles. The quantitative estimate of drug-likeness (QED) is 0.940. The molecule has 1 aliphatic rings. The van der Waals surface area contributed by atoms with Crippen molar-refractivity contribution in [1.29, 1.82) is 0 Å². The highest BCUT2D eigenvalue weighted by Gasteiger charge is 2.25. The molecule has 1 aromatic carbocycles. The van der Waals surface area contributed by atoms with Crippen molar-refractivity contribution in [3.63, 3.8) is 0 Å². The number of anilines is 1. The van der Waals surface area contributed by atoms with Crippen molar-refractivity contribution in [3.05, 3.63) is 46.6 Å². The Morgan fingerprint density at radius 2 is 2.13 bits per heavy atom. The number of piperidine rings is 1. The fourth-order valence-corrected chi connectivity index (χ4v) is 3.26. The van der Waals surface area contributed by atoms with E-state index in [1.807, 2.05) is 24.0 Å². The highest BCUT2D eigenvalue weighted by molar-refractivity contribution is 6.30. The van der Waals surface area contributed by atoms with Gasteiger partial charge >= 0.3 is 0 Å². The molecule has 0 spiro atoms. The minimum atomic E-state index is 0.0680. The smallest absolute Gasteiger partial charge is 0.244 e. The van der Waals surface area contributed by atoms with Crippen molar-refractivity contribution >= 4 is 23.3 Å². The standard InChI is InChI=1S/C17H21ClN4O/c1-12-9-16(19)22(20-12)11-17(23)21-8-2-3-14(10-21)13-4-6-15(18)7-5-13/h4-7,9,14H,2-3,8,10-11,19H2,1H3. The van der Waals surface area contributed by atoms with Crippen LogP contribution in [0.1, 0.15) is 30.0 Å². The van der Waals surface area contributed by atoms with Gasteiger partial charge in [0.05, 0.1) is 5.69 Å². The zero-order valence-corrected chi connectivity index (χ0v) is 14.0. The van der Waals surface area contributed by atoms with Crippen molar-refractivity contribution in [2.24, 2.45) is 0 Å². The fourth-order valence-electron chi connectivity index (χ4n) is 3.13. The molecule has 6 heteroatoms. The molecule has 2 aromatic rings. The maximum atomic E-state index is 12.5. The second-order valence-electron chi connectivity index (χ2n) is 6.10. The van der Waals surface area contributed by atoms with Crippen LogP contribution in [-0.4, -0.2) is 33.7 Å². The van der Waals surface area contributed by atoms with Gasteiger partial charge in [0.25, 0.3) is 0 Å². The van der Waals surface area contributed by atoms with Gasteiger partial charge in [-0.15, -0.1) is 0 Å². The highest BCUT2D eigenvalue weighted by Crippen LogP contribution is 2.28. The summed E-state index contributed by atoms with van der Waals surface area (Å²) in [5.41, 5.74) is 7.93. The van der Waals surface area contributed by atoms with Gasteiger partial charge in [0.2, 0.25) is 5.91 Å². The highest BCUT2D eigenvalue weighted by atomic mass is 35.5. The summed E-state index contributed by atoms with van der Waals surface area (Å²) in [5.74, 6) is 0.960. The summed E-state index contributed by atoms with van der Waals surface area (Å²) < 4.78 is 1.57. The molecule has 1 fully saturated rings. The van der Waals surface area contributed by atoms with E-state index in [0.29, 0.717) is 11.7 Å². The van der Waals surface area contributed by atoms with Gasteiger partial charge in [0.1, 0.15) is 12.4 Å². The van der Waals surface area contributed by atoms with Crippen LogP contribution in [0.5, 0.6) is 0 Å². The van der Waals surface area contributed by atoms with Crippen LogP contribution >= 0.6 is 11.6 Å². The number of hydrogen-bond acceptors (Lipinski definition) is 3. The largest absolute Gasteiger partial charge is 0.384 e. The first kappa shape index (κ1) is 15.9. The van der Waals surface area contributed by atoms with Crippen LogP contribution in [0.3, 0.4) is 0 Å². The number of benzene rings is 1. The second kappa shape index (κ2) is 6.62. The molecule has 1 saturated heterocycles. The van der Waals surface area contributed by atoms with E-state index in [2.05, 4.69) is 17.2 Å². The van der Waals surface area contributed by atoms with Crippen molar-refractivity contribution < 1.29 is 4.79 Å². The molecule has 0 aliphatic carbocycles. The van der Waals surface area contributed by atoms with Crippen LogP contribution < -0.4 is 5.73 Å². The summed E-state index contributed by atoms with van der Waals surface area (Å²) >= 11 is 5.95. The molecule has 122 valence electrons. The van der Waals surface area contributed by atoms with E-state index in [9.17, 15) is 4.79 Å². The van der Waals surface area contributed by atoms with E-state index >= 15 is 0 Å². The molecular formula is C17H21ClN4O. The Morgan fingerprint density at radius 1 is 1.39 bits per heavy atom. The summed E-state index contributed by atoms with van der Waals surface area (Å²) in [5, 5.41) is 5.00. The number of nitrogens with two attached hydrogens (primary N) is 1. The van der Waals surface area contributed by atoms with E-state index in [-0.39, 0.29) is 12.5 Å².